The molecule has 0 saturated heterocycles. The zero-order chi connectivity index (χ0) is 23.7. The second-order valence-corrected chi connectivity index (χ2v) is 8.02. The van der Waals surface area contributed by atoms with Crippen molar-refractivity contribution in [3.8, 4) is 17.0 Å². The molecule has 0 unspecified atom stereocenters. The molecule has 0 radical (unpaired) electrons. The number of methoxy groups -OCH3 is 1. The smallest absolute Gasteiger partial charge is 0.145 e. The van der Waals surface area contributed by atoms with Crippen molar-refractivity contribution >= 4 is 38.5 Å². The van der Waals surface area contributed by atoms with Crippen LogP contribution in [-0.4, -0.2) is 16.5 Å². The summed E-state index contributed by atoms with van der Waals surface area (Å²) in [5.41, 5.74) is 8.42. The highest BCUT2D eigenvalue weighted by Gasteiger charge is 2.19. The van der Waals surface area contributed by atoms with E-state index in [4.69, 9.17) is 9.72 Å². The standard InChI is InChI=1S/C28H24N2O.C2H6/c1-17(2)20-10-8-11-21(18(3)4)27(20)26-16-29-28-24-15-19(31-5)13-14-22(24)23-9-6-7-12-25(23)30(26)28;1-2/h6-16H,1,3H2,2,4-5H3;1-2H3. The molecule has 33 heavy (non-hydrogen) atoms. The molecule has 0 spiro atoms. The number of benzene rings is 3. The summed E-state index contributed by atoms with van der Waals surface area (Å²) in [6.07, 6.45) is 1.97. The minimum Gasteiger partial charge on any atom is -0.497 e. The minimum absolute atomic E-state index is 0.819. The van der Waals surface area contributed by atoms with E-state index >= 15 is 0 Å². The average Bonchev–Trinajstić information content (AvgIpc) is 3.30. The Labute approximate surface area is 195 Å². The number of nitrogens with zero attached hydrogens (tertiary/aromatic N) is 2. The van der Waals surface area contributed by atoms with E-state index < -0.39 is 0 Å². The molecule has 0 aliphatic heterocycles. The lowest BCUT2D eigenvalue weighted by atomic mass is 9.91. The fourth-order valence-electron chi connectivity index (χ4n) is 4.47. The van der Waals surface area contributed by atoms with Gasteiger partial charge in [-0.15, -0.1) is 0 Å². The van der Waals surface area contributed by atoms with E-state index in [-0.39, 0.29) is 0 Å². The van der Waals surface area contributed by atoms with Crippen LogP contribution in [0.15, 0.2) is 80.0 Å². The van der Waals surface area contributed by atoms with E-state index in [0.29, 0.717) is 0 Å². The Morgan fingerprint density at radius 1 is 0.818 bits per heavy atom. The van der Waals surface area contributed by atoms with Gasteiger partial charge in [-0.3, -0.25) is 4.40 Å². The van der Waals surface area contributed by atoms with Gasteiger partial charge in [0.25, 0.3) is 0 Å². The van der Waals surface area contributed by atoms with Gasteiger partial charge in [-0.25, -0.2) is 4.98 Å². The normalized spacial score (nSPS) is 10.8. The number of allylic oxidation sites excluding steroid dienone is 2. The van der Waals surface area contributed by atoms with E-state index in [1.54, 1.807) is 7.11 Å². The number of ether oxygens (including phenoxy) is 1. The summed E-state index contributed by atoms with van der Waals surface area (Å²) in [7, 11) is 1.69. The monoisotopic (exact) mass is 434 g/mol. The lowest BCUT2D eigenvalue weighted by molar-refractivity contribution is 0.415. The Morgan fingerprint density at radius 2 is 1.48 bits per heavy atom. The first-order valence-electron chi connectivity index (χ1n) is 11.3. The van der Waals surface area contributed by atoms with Crippen molar-refractivity contribution in [1.29, 1.82) is 0 Å². The third-order valence-corrected chi connectivity index (χ3v) is 5.90. The predicted octanol–water partition coefficient (Wildman–Crippen LogP) is 8.41. The molecule has 5 rings (SSSR count). The van der Waals surface area contributed by atoms with Crippen molar-refractivity contribution < 1.29 is 4.74 Å². The van der Waals surface area contributed by atoms with Crippen LogP contribution in [0.3, 0.4) is 0 Å². The Hall–Kier alpha value is -3.85. The molecule has 0 saturated carbocycles. The van der Waals surface area contributed by atoms with E-state index in [1.807, 2.05) is 40.0 Å². The molecule has 5 aromatic rings. The Balaban J connectivity index is 0.00000126. The maximum Gasteiger partial charge on any atom is 0.145 e. The van der Waals surface area contributed by atoms with Gasteiger partial charge in [0.15, 0.2) is 0 Å². The molecule has 0 bridgehead atoms. The van der Waals surface area contributed by atoms with E-state index in [0.717, 1.165) is 61.2 Å². The SMILES string of the molecule is C=C(C)c1cccc(C(=C)C)c1-c1cnc2c3cc(OC)ccc3c3ccccc3n12.CC. The number of rotatable bonds is 4. The maximum absolute atomic E-state index is 5.52. The first-order valence-corrected chi connectivity index (χ1v) is 11.3. The third kappa shape index (κ3) is 3.60. The van der Waals surface area contributed by atoms with Crippen molar-refractivity contribution in [1.82, 2.24) is 9.38 Å². The topological polar surface area (TPSA) is 26.5 Å². The lowest BCUT2D eigenvalue weighted by Crippen LogP contribution is -1.98. The molecule has 0 aliphatic rings. The summed E-state index contributed by atoms with van der Waals surface area (Å²) in [6, 6.07) is 21.0. The van der Waals surface area contributed by atoms with Crippen LogP contribution < -0.4 is 4.74 Å². The predicted molar refractivity (Wildman–Crippen MR) is 143 cm³/mol. The fourth-order valence-corrected chi connectivity index (χ4v) is 4.47. The van der Waals surface area contributed by atoms with Gasteiger partial charge in [0.2, 0.25) is 0 Å². The first kappa shape index (κ1) is 22.3. The van der Waals surface area contributed by atoms with Crippen LogP contribution in [0.5, 0.6) is 5.75 Å². The van der Waals surface area contributed by atoms with Gasteiger partial charge in [0, 0.05) is 16.3 Å². The van der Waals surface area contributed by atoms with Gasteiger partial charge in [0.1, 0.15) is 11.4 Å². The van der Waals surface area contributed by atoms with E-state index in [9.17, 15) is 0 Å². The van der Waals surface area contributed by atoms with Crippen LogP contribution in [0.2, 0.25) is 0 Å². The van der Waals surface area contributed by atoms with Crippen LogP contribution in [0, 0.1) is 0 Å². The van der Waals surface area contributed by atoms with Gasteiger partial charge in [-0.1, -0.05) is 74.5 Å². The molecule has 2 heterocycles. The van der Waals surface area contributed by atoms with Crippen molar-refractivity contribution in [2.24, 2.45) is 0 Å². The highest BCUT2D eigenvalue weighted by molar-refractivity contribution is 6.13. The molecule has 0 atom stereocenters. The molecule has 0 aliphatic carbocycles. The molecule has 0 fully saturated rings. The number of hydrogen-bond acceptors (Lipinski definition) is 2. The second-order valence-electron chi connectivity index (χ2n) is 8.02. The Bertz CT molecular complexity index is 1490. The molecule has 3 aromatic carbocycles. The first-order chi connectivity index (χ1) is 16.0. The summed E-state index contributed by atoms with van der Waals surface area (Å²) in [5.74, 6) is 0.819. The van der Waals surface area contributed by atoms with E-state index in [2.05, 4.69) is 72.2 Å². The quantitative estimate of drug-likeness (QED) is 0.265. The molecule has 166 valence electrons. The third-order valence-electron chi connectivity index (χ3n) is 5.90. The minimum atomic E-state index is 0.819. The van der Waals surface area contributed by atoms with Crippen molar-refractivity contribution in [2.75, 3.05) is 7.11 Å². The van der Waals surface area contributed by atoms with Crippen LogP contribution in [-0.2, 0) is 0 Å². The zero-order valence-electron chi connectivity index (χ0n) is 20.1. The number of pyridine rings is 1. The zero-order valence-corrected chi connectivity index (χ0v) is 20.1. The summed E-state index contributed by atoms with van der Waals surface area (Å²) < 4.78 is 7.77. The number of fused-ring (bicyclic) bond motifs is 6. The van der Waals surface area contributed by atoms with Crippen molar-refractivity contribution in [3.05, 3.63) is 91.1 Å². The molecule has 2 aromatic heterocycles. The average molecular weight is 435 g/mol. The summed E-state index contributed by atoms with van der Waals surface area (Å²) in [5, 5.41) is 3.40. The van der Waals surface area contributed by atoms with E-state index in [1.165, 1.54) is 5.39 Å². The number of hydrogen-bond donors (Lipinski definition) is 0. The second kappa shape index (κ2) is 8.95. The van der Waals surface area contributed by atoms with Gasteiger partial charge in [-0.2, -0.15) is 0 Å². The number of aromatic nitrogens is 2. The van der Waals surface area contributed by atoms with Gasteiger partial charge >= 0.3 is 0 Å². The largest absolute Gasteiger partial charge is 0.497 e. The highest BCUT2D eigenvalue weighted by Crippen LogP contribution is 2.39. The van der Waals surface area contributed by atoms with Gasteiger partial charge in [0.05, 0.1) is 24.5 Å². The van der Waals surface area contributed by atoms with Crippen LogP contribution in [0.1, 0.15) is 38.8 Å². The maximum atomic E-state index is 5.52. The van der Waals surface area contributed by atoms with Crippen molar-refractivity contribution in [2.45, 2.75) is 27.7 Å². The molecule has 3 heteroatoms. The molecule has 3 nitrogen and oxygen atoms in total. The summed E-state index contributed by atoms with van der Waals surface area (Å²) in [6.45, 7) is 16.6. The number of imidazole rings is 1. The van der Waals surface area contributed by atoms with Gasteiger partial charge < -0.3 is 4.74 Å². The summed E-state index contributed by atoms with van der Waals surface area (Å²) in [4.78, 5) is 4.90. The van der Waals surface area contributed by atoms with Crippen LogP contribution >= 0.6 is 0 Å². The molecule has 0 amide bonds. The number of para-hydroxylation sites is 1. The molecular formula is C30H30N2O. The highest BCUT2D eigenvalue weighted by atomic mass is 16.5. The fraction of sp³-hybridized carbons (Fsp3) is 0.167. The summed E-state index contributed by atoms with van der Waals surface area (Å²) >= 11 is 0. The molecule has 0 N–H and O–H groups in total. The van der Waals surface area contributed by atoms with Crippen LogP contribution in [0.4, 0.5) is 0 Å². The van der Waals surface area contributed by atoms with Gasteiger partial charge in [-0.05, 0) is 54.6 Å². The lowest BCUT2D eigenvalue weighted by Gasteiger charge is -2.17. The van der Waals surface area contributed by atoms with Crippen LogP contribution in [0.25, 0.3) is 49.7 Å². The molecular weight excluding hydrogens is 404 g/mol. The Kier molecular flexibility index (Phi) is 6.06. The van der Waals surface area contributed by atoms with Crippen molar-refractivity contribution in [3.63, 3.8) is 0 Å². The Morgan fingerprint density at radius 3 is 2.12 bits per heavy atom.